The first-order valence-electron chi connectivity index (χ1n) is 6.65. The first kappa shape index (κ1) is 20.9. The van der Waals surface area contributed by atoms with E-state index in [1.807, 2.05) is 18.2 Å². The van der Waals surface area contributed by atoms with Crippen LogP contribution in [-0.4, -0.2) is 80.5 Å². The average Bonchev–Trinajstić information content (AvgIpc) is 2.56. The van der Waals surface area contributed by atoms with Crippen LogP contribution in [0.2, 0.25) is 0 Å². The van der Waals surface area contributed by atoms with Gasteiger partial charge in [0.15, 0.2) is 12.2 Å². The van der Waals surface area contributed by atoms with Gasteiger partial charge in [-0.3, -0.25) is 10.3 Å². The van der Waals surface area contributed by atoms with Crippen LogP contribution in [0.5, 0.6) is 0 Å². The van der Waals surface area contributed by atoms with E-state index >= 15 is 0 Å². The fraction of sp³-hybridized carbons (Fsp3) is 0.462. The van der Waals surface area contributed by atoms with Crippen LogP contribution in [0, 0.1) is 0 Å². The maximum atomic E-state index is 9.77. The molecule has 1 fully saturated rings. The van der Waals surface area contributed by atoms with E-state index in [9.17, 15) is 9.59 Å². The third-order valence-electron chi connectivity index (χ3n) is 2.39. The molecular formula is C13H21N3O7. The molecule has 1 aliphatic heterocycles. The van der Waals surface area contributed by atoms with E-state index in [2.05, 4.69) is 15.6 Å². The smallest absolute Gasteiger partial charge is 0.335 e. The van der Waals surface area contributed by atoms with Gasteiger partial charge in [-0.1, -0.05) is 6.07 Å². The van der Waals surface area contributed by atoms with Crippen molar-refractivity contribution in [1.82, 2.24) is 15.6 Å². The van der Waals surface area contributed by atoms with Crippen LogP contribution in [0.25, 0.3) is 0 Å². The molecule has 0 radical (unpaired) electrons. The van der Waals surface area contributed by atoms with Gasteiger partial charge in [0.2, 0.25) is 0 Å². The summed E-state index contributed by atoms with van der Waals surface area (Å²) < 4.78 is 0. The van der Waals surface area contributed by atoms with Crippen molar-refractivity contribution in [3.63, 3.8) is 0 Å². The molecule has 1 saturated heterocycles. The number of aromatic nitrogens is 1. The van der Waals surface area contributed by atoms with Crippen LogP contribution < -0.4 is 10.6 Å². The molecule has 2 heterocycles. The van der Waals surface area contributed by atoms with Gasteiger partial charge < -0.3 is 30.8 Å². The summed E-state index contributed by atoms with van der Waals surface area (Å²) in [5.74, 6) is -3.54. The number of hydrogen-bond donors (Lipinski definition) is 7. The number of rotatable bonds is 3. The molecule has 10 heteroatoms. The predicted octanol–water partition coefficient (Wildman–Crippen LogP) is -2.54. The van der Waals surface area contributed by atoms with Crippen molar-refractivity contribution < 1.29 is 35.1 Å². The quantitative estimate of drug-likeness (QED) is 0.313. The van der Waals surface area contributed by atoms with Gasteiger partial charge in [0.25, 0.3) is 0 Å². The van der Waals surface area contributed by atoms with Crippen LogP contribution in [0.1, 0.15) is 0 Å². The number of piperazine rings is 1. The molecule has 0 amide bonds. The molecule has 1 aromatic rings. The SMILES string of the molecule is O=C(O)C(O)C(O)C(=O)O.OC1CNCCN1.c1ccncc1. The standard InChI is InChI=1S/C5H5N.C4H10N2O.C4H6O6/c1-2-4-6-5-3-1;7-4-3-5-1-2-6-4;5-1(3(7)8)2(6)4(9)10/h1-5H;4-7H,1-3H2;1-2,5-6H,(H,7,8)(H,9,10). The molecule has 0 bridgehead atoms. The van der Waals surface area contributed by atoms with Crippen molar-refractivity contribution in [2.45, 2.75) is 18.4 Å². The highest BCUT2D eigenvalue weighted by Gasteiger charge is 2.29. The molecule has 10 nitrogen and oxygen atoms in total. The van der Waals surface area contributed by atoms with Crippen LogP contribution in [-0.2, 0) is 9.59 Å². The first-order chi connectivity index (χ1) is 10.9. The van der Waals surface area contributed by atoms with E-state index in [1.54, 1.807) is 12.4 Å². The highest BCUT2D eigenvalue weighted by molar-refractivity contribution is 5.83. The molecule has 0 saturated carbocycles. The fourth-order valence-electron chi connectivity index (χ4n) is 1.22. The maximum Gasteiger partial charge on any atom is 0.335 e. The summed E-state index contributed by atoms with van der Waals surface area (Å²) in [6.45, 7) is 2.53. The molecule has 23 heavy (non-hydrogen) atoms. The number of nitrogens with zero attached hydrogens (tertiary/aromatic N) is 1. The molecule has 7 N–H and O–H groups in total. The Hall–Kier alpha value is -2.11. The van der Waals surface area contributed by atoms with E-state index in [-0.39, 0.29) is 6.23 Å². The summed E-state index contributed by atoms with van der Waals surface area (Å²) in [6, 6.07) is 5.72. The van der Waals surface area contributed by atoms with Crippen molar-refractivity contribution >= 4 is 11.9 Å². The Bertz CT molecular complexity index is 396. The van der Waals surface area contributed by atoms with Crippen molar-refractivity contribution in [2.75, 3.05) is 19.6 Å². The van der Waals surface area contributed by atoms with Crippen LogP contribution in [0.3, 0.4) is 0 Å². The Kier molecular flexibility index (Phi) is 11.3. The monoisotopic (exact) mass is 331 g/mol. The highest BCUT2D eigenvalue weighted by Crippen LogP contribution is 1.92. The second-order valence-corrected chi connectivity index (χ2v) is 4.26. The van der Waals surface area contributed by atoms with E-state index in [0.29, 0.717) is 6.54 Å². The zero-order chi connectivity index (χ0) is 17.7. The van der Waals surface area contributed by atoms with Gasteiger partial charge in [-0.05, 0) is 12.1 Å². The van der Waals surface area contributed by atoms with Gasteiger partial charge in [-0.25, -0.2) is 9.59 Å². The number of β-amino-alcohol motifs (C(OH)–C–C–N with tert-alkyl or cyclic N) is 1. The Labute approximate surface area is 132 Å². The topological polar surface area (TPSA) is 172 Å². The Balaban J connectivity index is 0.000000326. The summed E-state index contributed by atoms with van der Waals surface area (Å²) in [6.07, 6.45) is -1.36. The second kappa shape index (κ2) is 12.4. The zero-order valence-corrected chi connectivity index (χ0v) is 12.2. The summed E-state index contributed by atoms with van der Waals surface area (Å²) in [5, 5.41) is 47.2. The van der Waals surface area contributed by atoms with E-state index in [4.69, 9.17) is 25.5 Å². The van der Waals surface area contributed by atoms with Gasteiger partial charge in [0.1, 0.15) is 6.23 Å². The Morgan fingerprint density at radius 2 is 1.52 bits per heavy atom. The molecular weight excluding hydrogens is 310 g/mol. The third-order valence-corrected chi connectivity index (χ3v) is 2.39. The number of aliphatic hydroxyl groups excluding tert-OH is 3. The molecule has 0 spiro atoms. The van der Waals surface area contributed by atoms with E-state index in [1.165, 1.54) is 0 Å². The molecule has 1 aliphatic rings. The summed E-state index contributed by atoms with van der Waals surface area (Å²) in [7, 11) is 0. The third kappa shape index (κ3) is 11.2. The molecule has 2 rings (SSSR count). The summed E-state index contributed by atoms with van der Waals surface area (Å²) in [4.78, 5) is 23.3. The minimum atomic E-state index is -2.27. The number of aliphatic carboxylic acids is 2. The summed E-state index contributed by atoms with van der Waals surface area (Å²) >= 11 is 0. The number of nitrogens with one attached hydrogen (secondary N) is 2. The van der Waals surface area contributed by atoms with Crippen LogP contribution >= 0.6 is 0 Å². The minimum absolute atomic E-state index is 0.325. The van der Waals surface area contributed by atoms with Gasteiger partial charge in [0.05, 0.1) is 0 Å². The van der Waals surface area contributed by atoms with Crippen LogP contribution in [0.15, 0.2) is 30.6 Å². The molecule has 0 aliphatic carbocycles. The van der Waals surface area contributed by atoms with Crippen LogP contribution in [0.4, 0.5) is 0 Å². The van der Waals surface area contributed by atoms with Gasteiger partial charge in [0, 0.05) is 32.0 Å². The first-order valence-corrected chi connectivity index (χ1v) is 6.65. The van der Waals surface area contributed by atoms with Crippen molar-refractivity contribution in [2.24, 2.45) is 0 Å². The molecule has 1 aromatic heterocycles. The number of hydrogen-bond acceptors (Lipinski definition) is 8. The Morgan fingerprint density at radius 3 is 1.70 bits per heavy atom. The van der Waals surface area contributed by atoms with Gasteiger partial charge in [-0.2, -0.15) is 0 Å². The number of carbonyl (C=O) groups is 2. The normalized spacial score (nSPS) is 19.0. The molecule has 3 atom stereocenters. The van der Waals surface area contributed by atoms with Crippen molar-refractivity contribution in [3.05, 3.63) is 30.6 Å². The van der Waals surface area contributed by atoms with E-state index in [0.717, 1.165) is 13.1 Å². The second-order valence-electron chi connectivity index (χ2n) is 4.26. The number of pyridine rings is 1. The average molecular weight is 331 g/mol. The lowest BCUT2D eigenvalue weighted by molar-refractivity contribution is -0.165. The van der Waals surface area contributed by atoms with Crippen molar-refractivity contribution in [1.29, 1.82) is 0 Å². The number of aliphatic hydroxyl groups is 3. The minimum Gasteiger partial charge on any atom is -0.479 e. The van der Waals surface area contributed by atoms with Gasteiger partial charge >= 0.3 is 11.9 Å². The molecule has 0 aromatic carbocycles. The lowest BCUT2D eigenvalue weighted by Gasteiger charge is -2.18. The summed E-state index contributed by atoms with van der Waals surface area (Å²) in [5.41, 5.74) is 0. The van der Waals surface area contributed by atoms with E-state index < -0.39 is 24.1 Å². The molecule has 130 valence electrons. The zero-order valence-electron chi connectivity index (χ0n) is 12.2. The lowest BCUT2D eigenvalue weighted by atomic mass is 10.2. The van der Waals surface area contributed by atoms with Crippen molar-refractivity contribution in [3.8, 4) is 0 Å². The largest absolute Gasteiger partial charge is 0.479 e. The predicted molar refractivity (Wildman–Crippen MR) is 78.4 cm³/mol. The number of carboxylic acids is 2. The molecule has 3 unspecified atom stereocenters. The number of carboxylic acid groups (broad SMARTS) is 2. The fourth-order valence-corrected chi connectivity index (χ4v) is 1.22. The Morgan fingerprint density at radius 1 is 1.00 bits per heavy atom. The maximum absolute atomic E-state index is 9.77. The van der Waals surface area contributed by atoms with Gasteiger partial charge in [-0.15, -0.1) is 0 Å². The highest BCUT2D eigenvalue weighted by atomic mass is 16.4. The lowest BCUT2D eigenvalue weighted by Crippen LogP contribution is -2.47.